The van der Waals surface area contributed by atoms with Crippen molar-refractivity contribution in [1.82, 2.24) is 19.4 Å². The summed E-state index contributed by atoms with van der Waals surface area (Å²) >= 11 is 0. The molecule has 1 amide bonds. The van der Waals surface area contributed by atoms with Crippen molar-refractivity contribution in [2.75, 3.05) is 13.1 Å². The molecule has 6 nitrogen and oxygen atoms in total. The van der Waals surface area contributed by atoms with Gasteiger partial charge in [0.25, 0.3) is 11.5 Å². The van der Waals surface area contributed by atoms with E-state index >= 15 is 0 Å². The Morgan fingerprint density at radius 1 is 1.11 bits per heavy atom. The molecule has 1 atom stereocenters. The lowest BCUT2D eigenvalue weighted by Gasteiger charge is -2.33. The minimum absolute atomic E-state index is 0.0253. The predicted octanol–water partition coefficient (Wildman–Crippen LogP) is 3.36. The molecule has 1 N–H and O–H groups in total. The number of carbonyl (C=O) groups excluding carboxylic acids is 1. The Morgan fingerprint density at radius 2 is 1.93 bits per heavy atom. The normalized spacial score (nSPS) is 17.3. The largest absolute Gasteiger partial charge is 0.351 e. The summed E-state index contributed by atoms with van der Waals surface area (Å²) in [5.41, 5.74) is 2.20. The Morgan fingerprint density at radius 3 is 2.82 bits per heavy atom. The molecule has 5 rings (SSSR count). The Hall–Kier alpha value is -3.41. The number of para-hydroxylation sites is 2. The molecule has 4 aromatic rings. The predicted molar refractivity (Wildman–Crippen MR) is 108 cm³/mol. The van der Waals surface area contributed by atoms with Crippen LogP contribution in [-0.4, -0.2) is 38.4 Å². The molecule has 0 spiro atoms. The highest BCUT2D eigenvalue weighted by molar-refractivity contribution is 5.98. The zero-order chi connectivity index (χ0) is 19.1. The summed E-state index contributed by atoms with van der Waals surface area (Å²) in [6, 6.07) is 17.1. The van der Waals surface area contributed by atoms with Gasteiger partial charge in [-0.25, -0.2) is 4.98 Å². The lowest BCUT2D eigenvalue weighted by atomic mass is 10.0. The number of likely N-dealkylation sites (tertiary alicyclic amines) is 1. The minimum atomic E-state index is -0.0633. The summed E-state index contributed by atoms with van der Waals surface area (Å²) in [6.45, 7) is 1.20. The van der Waals surface area contributed by atoms with Crippen molar-refractivity contribution in [3.05, 3.63) is 77.0 Å². The van der Waals surface area contributed by atoms with E-state index in [0.29, 0.717) is 29.7 Å². The molecule has 1 aliphatic rings. The van der Waals surface area contributed by atoms with Gasteiger partial charge >= 0.3 is 0 Å². The van der Waals surface area contributed by atoms with Crippen LogP contribution in [0.4, 0.5) is 0 Å². The number of aromatic nitrogens is 3. The van der Waals surface area contributed by atoms with Crippen LogP contribution in [0.3, 0.4) is 0 Å². The summed E-state index contributed by atoms with van der Waals surface area (Å²) < 4.78 is 1.69. The van der Waals surface area contributed by atoms with Crippen molar-refractivity contribution in [1.29, 1.82) is 0 Å². The second kappa shape index (κ2) is 6.64. The van der Waals surface area contributed by atoms with Gasteiger partial charge in [0.05, 0.1) is 23.3 Å². The second-order valence-electron chi connectivity index (χ2n) is 7.29. The van der Waals surface area contributed by atoms with Gasteiger partial charge in [0, 0.05) is 24.0 Å². The zero-order valence-corrected chi connectivity index (χ0v) is 15.3. The molecular weight excluding hydrogens is 352 g/mol. The highest BCUT2D eigenvalue weighted by Gasteiger charge is 2.27. The average molecular weight is 372 g/mol. The van der Waals surface area contributed by atoms with Gasteiger partial charge in [-0.05, 0) is 37.1 Å². The van der Waals surface area contributed by atoms with Crippen LogP contribution in [0, 0.1) is 0 Å². The first-order valence-electron chi connectivity index (χ1n) is 9.53. The summed E-state index contributed by atoms with van der Waals surface area (Å²) in [7, 11) is 0. The van der Waals surface area contributed by atoms with Gasteiger partial charge in [0.1, 0.15) is 5.69 Å². The van der Waals surface area contributed by atoms with Crippen LogP contribution in [0.15, 0.2) is 65.7 Å². The molecule has 1 fully saturated rings. The number of nitrogens with zero attached hydrogens (tertiary/aromatic N) is 3. The van der Waals surface area contributed by atoms with E-state index in [2.05, 4.69) is 9.97 Å². The van der Waals surface area contributed by atoms with Crippen LogP contribution < -0.4 is 5.56 Å². The van der Waals surface area contributed by atoms with Crippen LogP contribution in [-0.2, 0) is 0 Å². The van der Waals surface area contributed by atoms with E-state index in [1.807, 2.05) is 53.4 Å². The van der Waals surface area contributed by atoms with Gasteiger partial charge in [-0.3, -0.25) is 14.2 Å². The maximum absolute atomic E-state index is 13.0. The molecular formula is C22H20N4O2. The fraction of sp³-hybridized carbons (Fsp3) is 0.227. The number of carbonyl (C=O) groups is 1. The number of benzene rings is 2. The minimum Gasteiger partial charge on any atom is -0.351 e. The molecule has 1 saturated heterocycles. The molecule has 0 radical (unpaired) electrons. The molecule has 28 heavy (non-hydrogen) atoms. The quantitative estimate of drug-likeness (QED) is 0.587. The molecule has 0 aliphatic carbocycles. The molecule has 2 aromatic carbocycles. The third-order valence-electron chi connectivity index (χ3n) is 5.53. The van der Waals surface area contributed by atoms with E-state index in [1.165, 1.54) is 0 Å². The second-order valence-corrected chi connectivity index (χ2v) is 7.29. The Labute approximate surface area is 161 Å². The Bertz CT molecular complexity index is 1210. The van der Waals surface area contributed by atoms with Crippen molar-refractivity contribution in [2.24, 2.45) is 0 Å². The van der Waals surface area contributed by atoms with Crippen LogP contribution in [0.5, 0.6) is 0 Å². The van der Waals surface area contributed by atoms with E-state index in [4.69, 9.17) is 0 Å². The van der Waals surface area contributed by atoms with E-state index < -0.39 is 0 Å². The number of amides is 1. The summed E-state index contributed by atoms with van der Waals surface area (Å²) in [5.74, 6) is -0.0253. The highest BCUT2D eigenvalue weighted by Crippen LogP contribution is 2.23. The first kappa shape index (κ1) is 16.7. The van der Waals surface area contributed by atoms with Crippen molar-refractivity contribution < 1.29 is 4.79 Å². The SMILES string of the molecule is O=C(c1cc2ccccc2[nH]1)N1CCC[C@H](n2cnc3ccccc3c2=O)C1. The van der Waals surface area contributed by atoms with E-state index in [1.54, 1.807) is 17.0 Å². The lowest BCUT2D eigenvalue weighted by Crippen LogP contribution is -2.43. The fourth-order valence-electron chi connectivity index (χ4n) is 4.07. The number of hydrogen-bond acceptors (Lipinski definition) is 3. The van der Waals surface area contributed by atoms with Crippen molar-refractivity contribution in [2.45, 2.75) is 18.9 Å². The van der Waals surface area contributed by atoms with Gasteiger partial charge in [-0.15, -0.1) is 0 Å². The van der Waals surface area contributed by atoms with Crippen molar-refractivity contribution in [3.8, 4) is 0 Å². The number of fused-ring (bicyclic) bond motifs is 2. The molecule has 2 aromatic heterocycles. The number of hydrogen-bond donors (Lipinski definition) is 1. The first-order valence-corrected chi connectivity index (χ1v) is 9.53. The number of rotatable bonds is 2. The fourth-order valence-corrected chi connectivity index (χ4v) is 4.07. The average Bonchev–Trinajstić information content (AvgIpc) is 3.18. The molecule has 0 bridgehead atoms. The van der Waals surface area contributed by atoms with Gasteiger partial charge < -0.3 is 9.88 Å². The molecule has 0 saturated carbocycles. The van der Waals surface area contributed by atoms with E-state index in [9.17, 15) is 9.59 Å². The Kier molecular flexibility index (Phi) is 3.97. The third kappa shape index (κ3) is 2.78. The van der Waals surface area contributed by atoms with E-state index in [0.717, 1.165) is 23.7 Å². The molecule has 1 aliphatic heterocycles. The smallest absolute Gasteiger partial charge is 0.270 e. The third-order valence-corrected chi connectivity index (χ3v) is 5.53. The van der Waals surface area contributed by atoms with Crippen LogP contribution in [0.25, 0.3) is 21.8 Å². The van der Waals surface area contributed by atoms with Gasteiger partial charge in [-0.2, -0.15) is 0 Å². The lowest BCUT2D eigenvalue weighted by molar-refractivity contribution is 0.0672. The highest BCUT2D eigenvalue weighted by atomic mass is 16.2. The topological polar surface area (TPSA) is 71.0 Å². The molecule has 3 heterocycles. The summed E-state index contributed by atoms with van der Waals surface area (Å²) in [4.78, 5) is 35.4. The molecule has 6 heteroatoms. The molecule has 0 unspecified atom stereocenters. The maximum Gasteiger partial charge on any atom is 0.270 e. The monoisotopic (exact) mass is 372 g/mol. The summed E-state index contributed by atoms with van der Waals surface area (Å²) in [5, 5.41) is 1.64. The standard InChI is InChI=1S/C22H20N4O2/c27-21-17-8-2-4-10-19(17)23-14-26(21)16-7-5-11-25(13-16)22(28)20-12-15-6-1-3-9-18(15)24-20/h1-4,6,8-10,12,14,16,24H,5,7,11,13H2/t16-/m0/s1. The van der Waals surface area contributed by atoms with E-state index in [-0.39, 0.29) is 17.5 Å². The first-order chi connectivity index (χ1) is 13.7. The van der Waals surface area contributed by atoms with Gasteiger partial charge in [0.2, 0.25) is 0 Å². The van der Waals surface area contributed by atoms with Crippen molar-refractivity contribution in [3.63, 3.8) is 0 Å². The maximum atomic E-state index is 13.0. The van der Waals surface area contributed by atoms with Gasteiger partial charge in [0.15, 0.2) is 0 Å². The number of piperidine rings is 1. The number of H-pyrrole nitrogens is 1. The summed E-state index contributed by atoms with van der Waals surface area (Å²) in [6.07, 6.45) is 3.33. The van der Waals surface area contributed by atoms with Gasteiger partial charge in [-0.1, -0.05) is 30.3 Å². The Balaban J connectivity index is 1.44. The van der Waals surface area contributed by atoms with Crippen LogP contribution in [0.2, 0.25) is 0 Å². The number of aromatic amines is 1. The van der Waals surface area contributed by atoms with Crippen LogP contribution >= 0.6 is 0 Å². The van der Waals surface area contributed by atoms with Crippen LogP contribution in [0.1, 0.15) is 29.4 Å². The molecule has 140 valence electrons. The van der Waals surface area contributed by atoms with Crippen molar-refractivity contribution >= 4 is 27.7 Å². The number of nitrogens with one attached hydrogen (secondary N) is 1. The zero-order valence-electron chi connectivity index (χ0n) is 15.3.